The molecule has 0 saturated carbocycles. The fraction of sp³-hybridized carbons (Fsp3) is 0.591. The lowest BCUT2D eigenvalue weighted by Crippen LogP contribution is -2.67. The van der Waals surface area contributed by atoms with Gasteiger partial charge in [-0.05, 0) is 44.1 Å². The summed E-state index contributed by atoms with van der Waals surface area (Å²) in [5.41, 5.74) is 0.782. The topological polar surface area (TPSA) is 140 Å². The Balaban J connectivity index is 0.000000913. The van der Waals surface area contributed by atoms with Crippen LogP contribution in [0.4, 0.5) is 0 Å². The Morgan fingerprint density at radius 1 is 1.25 bits per heavy atom. The van der Waals surface area contributed by atoms with E-state index in [2.05, 4.69) is 10.3 Å². The van der Waals surface area contributed by atoms with Gasteiger partial charge in [0.1, 0.15) is 0 Å². The van der Waals surface area contributed by atoms with Gasteiger partial charge in [-0.3, -0.25) is 24.0 Å². The third-order valence-corrected chi connectivity index (χ3v) is 6.57. The van der Waals surface area contributed by atoms with Gasteiger partial charge in [0, 0.05) is 56.3 Å². The molecular weight excluding hydrogens is 416 g/mol. The Bertz CT molecular complexity index is 945. The number of hydrogen-bond donors (Lipinski definition) is 3. The van der Waals surface area contributed by atoms with Crippen LogP contribution in [-0.2, 0) is 14.4 Å². The predicted octanol–water partition coefficient (Wildman–Crippen LogP) is 0.362. The summed E-state index contributed by atoms with van der Waals surface area (Å²) in [6, 6.07) is 3.08. The summed E-state index contributed by atoms with van der Waals surface area (Å²) in [6.45, 7) is 4.54. The van der Waals surface area contributed by atoms with Gasteiger partial charge in [-0.25, -0.2) is 0 Å². The molecule has 1 aromatic heterocycles. The second kappa shape index (κ2) is 9.97. The molecule has 32 heavy (non-hydrogen) atoms. The van der Waals surface area contributed by atoms with E-state index in [4.69, 9.17) is 9.90 Å². The molecule has 3 aliphatic rings. The maximum absolute atomic E-state index is 13.2. The number of H-pyrrole nitrogens is 1. The number of likely N-dealkylation sites (tertiary alicyclic amines) is 1. The van der Waals surface area contributed by atoms with Crippen molar-refractivity contribution in [1.82, 2.24) is 20.1 Å². The largest absolute Gasteiger partial charge is 0.483 e. The van der Waals surface area contributed by atoms with E-state index in [0.717, 1.165) is 19.3 Å². The maximum Gasteiger partial charge on any atom is 0.290 e. The normalized spacial score (nSPS) is 26.4. The van der Waals surface area contributed by atoms with Crippen molar-refractivity contribution in [1.29, 1.82) is 0 Å². The van der Waals surface area contributed by atoms with Gasteiger partial charge >= 0.3 is 0 Å². The van der Waals surface area contributed by atoms with Crippen LogP contribution in [0.2, 0.25) is 0 Å². The number of pyridine rings is 1. The number of nitrogens with zero attached hydrogens (tertiary/aromatic N) is 2. The van der Waals surface area contributed by atoms with Crippen molar-refractivity contribution in [2.45, 2.75) is 51.6 Å². The Morgan fingerprint density at radius 3 is 2.59 bits per heavy atom. The van der Waals surface area contributed by atoms with Crippen LogP contribution in [0.1, 0.15) is 48.7 Å². The SMILES string of the molecule is CC(=O)NC[C@H]1[C@H]2C[C@H](CN(C(=O)c3cc(C)[nH]c(=O)c3)C2)[C@@H]2CCCC(=O)N21.O=CO. The van der Waals surface area contributed by atoms with E-state index in [1.807, 2.05) is 9.80 Å². The lowest BCUT2D eigenvalue weighted by atomic mass is 9.72. The minimum absolute atomic E-state index is 0.0931. The molecular formula is C22H30N4O6. The minimum atomic E-state index is -0.279. The number of nitrogens with one attached hydrogen (secondary N) is 2. The molecule has 0 unspecified atom stereocenters. The van der Waals surface area contributed by atoms with E-state index in [-0.39, 0.29) is 53.7 Å². The molecule has 2 bridgehead atoms. The van der Waals surface area contributed by atoms with Crippen LogP contribution in [-0.4, -0.2) is 75.8 Å². The van der Waals surface area contributed by atoms with Crippen LogP contribution in [0.5, 0.6) is 0 Å². The number of aryl methyl sites for hydroxylation is 1. The average Bonchev–Trinajstić information content (AvgIpc) is 2.73. The molecule has 174 valence electrons. The number of carbonyl (C=O) groups excluding carboxylic acids is 3. The van der Waals surface area contributed by atoms with E-state index in [1.54, 1.807) is 13.0 Å². The number of carbonyl (C=O) groups is 4. The van der Waals surface area contributed by atoms with Crippen molar-refractivity contribution in [2.75, 3.05) is 19.6 Å². The van der Waals surface area contributed by atoms with Crippen molar-refractivity contribution in [2.24, 2.45) is 11.8 Å². The third-order valence-electron chi connectivity index (χ3n) is 6.57. The number of fused-ring (bicyclic) bond motifs is 4. The van der Waals surface area contributed by atoms with Crippen LogP contribution in [0.3, 0.4) is 0 Å². The van der Waals surface area contributed by atoms with Crippen molar-refractivity contribution in [3.8, 4) is 0 Å². The Morgan fingerprint density at radius 2 is 1.94 bits per heavy atom. The fourth-order valence-electron chi connectivity index (χ4n) is 5.44. The highest BCUT2D eigenvalue weighted by Gasteiger charge is 2.50. The van der Waals surface area contributed by atoms with E-state index < -0.39 is 0 Å². The molecule has 0 radical (unpaired) electrons. The second-order valence-corrected chi connectivity index (χ2v) is 8.75. The Hall–Kier alpha value is -3.17. The minimum Gasteiger partial charge on any atom is -0.483 e. The number of aromatic amines is 1. The lowest BCUT2D eigenvalue weighted by molar-refractivity contribution is -0.151. The van der Waals surface area contributed by atoms with Crippen LogP contribution < -0.4 is 10.9 Å². The highest BCUT2D eigenvalue weighted by Crippen LogP contribution is 2.41. The molecule has 0 aromatic carbocycles. The molecule has 0 spiro atoms. The van der Waals surface area contributed by atoms with Crippen molar-refractivity contribution < 1.29 is 24.3 Å². The number of piperidine rings is 3. The summed E-state index contributed by atoms with van der Waals surface area (Å²) < 4.78 is 0. The van der Waals surface area contributed by atoms with Crippen molar-refractivity contribution in [3.63, 3.8) is 0 Å². The zero-order chi connectivity index (χ0) is 23.4. The first-order chi connectivity index (χ1) is 15.2. The number of rotatable bonds is 3. The van der Waals surface area contributed by atoms with Gasteiger partial charge in [0.05, 0.1) is 6.04 Å². The Labute approximate surface area is 186 Å². The molecule has 3 N–H and O–H groups in total. The molecule has 3 aliphatic heterocycles. The van der Waals surface area contributed by atoms with Crippen LogP contribution in [0.15, 0.2) is 16.9 Å². The molecule has 3 fully saturated rings. The summed E-state index contributed by atoms with van der Waals surface area (Å²) in [5, 5.41) is 9.77. The van der Waals surface area contributed by atoms with Gasteiger partial charge in [0.15, 0.2) is 0 Å². The maximum atomic E-state index is 13.2. The number of aromatic nitrogens is 1. The standard InChI is InChI=1S/C21H28N4O4.CH2O2/c1-12-6-14(8-19(27)23-12)21(29)24-10-15-7-16(11-24)18(9-22-13(2)26)25-17(15)4-3-5-20(25)28;2-1-3/h6,8,15-18H,3-5,7,9-11H2,1-2H3,(H,22,26)(H,23,27);1H,(H,2,3)/t15-,16+,17+,18+;/m1./s1. The summed E-state index contributed by atoms with van der Waals surface area (Å²) in [7, 11) is 0. The Kier molecular flexibility index (Phi) is 7.32. The summed E-state index contributed by atoms with van der Waals surface area (Å²) in [5.74, 6) is 0.263. The first-order valence-corrected chi connectivity index (χ1v) is 10.9. The van der Waals surface area contributed by atoms with Crippen LogP contribution in [0, 0.1) is 18.8 Å². The molecule has 4 heterocycles. The zero-order valence-electron chi connectivity index (χ0n) is 18.4. The molecule has 10 nitrogen and oxygen atoms in total. The smallest absolute Gasteiger partial charge is 0.290 e. The molecule has 0 aliphatic carbocycles. The molecule has 4 rings (SSSR count). The third kappa shape index (κ3) is 5.00. The van der Waals surface area contributed by atoms with E-state index in [9.17, 15) is 19.2 Å². The first-order valence-electron chi connectivity index (χ1n) is 10.9. The zero-order valence-corrected chi connectivity index (χ0v) is 18.4. The van der Waals surface area contributed by atoms with Crippen molar-refractivity contribution in [3.05, 3.63) is 33.7 Å². The summed E-state index contributed by atoms with van der Waals surface area (Å²) in [6.07, 6.45) is 3.32. The number of hydrogen-bond acceptors (Lipinski definition) is 5. The molecule has 3 amide bonds. The second-order valence-electron chi connectivity index (χ2n) is 8.75. The highest BCUT2D eigenvalue weighted by atomic mass is 16.3. The molecule has 10 heteroatoms. The van der Waals surface area contributed by atoms with Gasteiger partial charge in [-0.1, -0.05) is 0 Å². The first kappa shape index (κ1) is 23.5. The van der Waals surface area contributed by atoms with E-state index in [0.29, 0.717) is 37.3 Å². The van der Waals surface area contributed by atoms with Crippen LogP contribution in [0.25, 0.3) is 0 Å². The molecule has 4 atom stereocenters. The summed E-state index contributed by atoms with van der Waals surface area (Å²) in [4.78, 5) is 64.1. The van der Waals surface area contributed by atoms with Gasteiger partial charge < -0.3 is 25.2 Å². The molecule has 1 aromatic rings. The lowest BCUT2D eigenvalue weighted by Gasteiger charge is -2.56. The summed E-state index contributed by atoms with van der Waals surface area (Å²) >= 11 is 0. The average molecular weight is 447 g/mol. The van der Waals surface area contributed by atoms with Crippen molar-refractivity contribution >= 4 is 24.2 Å². The monoisotopic (exact) mass is 446 g/mol. The van der Waals surface area contributed by atoms with Gasteiger partial charge in [0.25, 0.3) is 12.4 Å². The fourth-order valence-corrected chi connectivity index (χ4v) is 5.44. The number of carboxylic acid groups (broad SMARTS) is 1. The van der Waals surface area contributed by atoms with E-state index >= 15 is 0 Å². The van der Waals surface area contributed by atoms with Gasteiger partial charge in [-0.2, -0.15) is 0 Å². The quantitative estimate of drug-likeness (QED) is 0.573. The number of amides is 3. The van der Waals surface area contributed by atoms with Gasteiger partial charge in [0.2, 0.25) is 17.4 Å². The molecule has 3 saturated heterocycles. The van der Waals surface area contributed by atoms with E-state index in [1.165, 1.54) is 13.0 Å². The predicted molar refractivity (Wildman–Crippen MR) is 115 cm³/mol. The van der Waals surface area contributed by atoms with Crippen LogP contribution >= 0.6 is 0 Å². The highest BCUT2D eigenvalue weighted by molar-refractivity contribution is 5.94. The van der Waals surface area contributed by atoms with Gasteiger partial charge in [-0.15, -0.1) is 0 Å².